The minimum absolute atomic E-state index is 0.00732. The molecule has 0 aliphatic carbocycles. The normalized spacial score (nSPS) is 9.81. The molecule has 0 amide bonds. The molecule has 4 nitrogen and oxygen atoms in total. The van der Waals surface area contributed by atoms with Crippen molar-refractivity contribution in [1.29, 1.82) is 0 Å². The molecule has 0 aliphatic rings. The van der Waals surface area contributed by atoms with E-state index in [0.717, 1.165) is 11.3 Å². The molecule has 0 heterocycles. The van der Waals surface area contributed by atoms with E-state index in [0.29, 0.717) is 6.61 Å². The van der Waals surface area contributed by atoms with Crippen LogP contribution in [0.2, 0.25) is 0 Å². The van der Waals surface area contributed by atoms with Gasteiger partial charge in [-0.15, -0.1) is 0 Å². The quantitative estimate of drug-likeness (QED) is 0.746. The Morgan fingerprint density at radius 1 is 1.44 bits per heavy atom. The van der Waals surface area contributed by atoms with Crippen molar-refractivity contribution < 1.29 is 19.4 Å². The first-order valence-electron chi connectivity index (χ1n) is 4.76. The second kappa shape index (κ2) is 5.92. The maximum absolute atomic E-state index is 10.5. The van der Waals surface area contributed by atoms with Gasteiger partial charge in [0.1, 0.15) is 5.75 Å². The first kappa shape index (κ1) is 12.3. The van der Waals surface area contributed by atoms with Crippen LogP contribution >= 0.6 is 0 Å². The van der Waals surface area contributed by atoms with Crippen LogP contribution in [0.25, 0.3) is 0 Å². The standard InChI is InChI=1S/C12H14O4/c1-9(12(13)14)7-16-8-10-5-3-4-6-11(10)15-2/h3-6H,1,7-8H2,2H3,(H,13,14). The molecule has 86 valence electrons. The summed E-state index contributed by atoms with van der Waals surface area (Å²) in [7, 11) is 1.58. The highest BCUT2D eigenvalue weighted by molar-refractivity contribution is 5.85. The number of rotatable bonds is 6. The number of benzene rings is 1. The van der Waals surface area contributed by atoms with Gasteiger partial charge in [0.2, 0.25) is 0 Å². The number of methoxy groups -OCH3 is 1. The van der Waals surface area contributed by atoms with Crippen molar-refractivity contribution in [2.45, 2.75) is 6.61 Å². The van der Waals surface area contributed by atoms with Gasteiger partial charge >= 0.3 is 5.97 Å². The Bertz CT molecular complexity index is 384. The molecule has 1 aromatic rings. The predicted octanol–water partition coefficient (Wildman–Crippen LogP) is 1.85. The lowest BCUT2D eigenvalue weighted by atomic mass is 10.2. The molecule has 4 heteroatoms. The zero-order chi connectivity index (χ0) is 12.0. The maximum atomic E-state index is 10.5. The molecule has 1 N–H and O–H groups in total. The SMILES string of the molecule is C=C(COCc1ccccc1OC)C(=O)O. The van der Waals surface area contributed by atoms with E-state index in [-0.39, 0.29) is 12.2 Å². The van der Waals surface area contributed by atoms with Gasteiger partial charge in [-0.1, -0.05) is 24.8 Å². The number of carboxylic acids is 1. The molecule has 0 bridgehead atoms. The number of carboxylic acid groups (broad SMARTS) is 1. The molecule has 0 spiro atoms. The lowest BCUT2D eigenvalue weighted by molar-refractivity contribution is -0.133. The summed E-state index contributed by atoms with van der Waals surface area (Å²) in [6, 6.07) is 7.42. The highest BCUT2D eigenvalue weighted by Crippen LogP contribution is 2.18. The van der Waals surface area contributed by atoms with Crippen molar-refractivity contribution in [1.82, 2.24) is 0 Å². The number of hydrogen-bond acceptors (Lipinski definition) is 3. The van der Waals surface area contributed by atoms with Gasteiger partial charge in [0, 0.05) is 5.56 Å². The van der Waals surface area contributed by atoms with Crippen LogP contribution in [-0.2, 0) is 16.1 Å². The van der Waals surface area contributed by atoms with Crippen molar-refractivity contribution in [2.24, 2.45) is 0 Å². The fraction of sp³-hybridized carbons (Fsp3) is 0.250. The lowest BCUT2D eigenvalue weighted by Crippen LogP contribution is -2.07. The van der Waals surface area contributed by atoms with Crippen molar-refractivity contribution in [3.8, 4) is 5.75 Å². The van der Waals surface area contributed by atoms with Crippen LogP contribution in [-0.4, -0.2) is 24.8 Å². The summed E-state index contributed by atoms with van der Waals surface area (Å²) in [5, 5.41) is 8.58. The monoisotopic (exact) mass is 222 g/mol. The first-order valence-corrected chi connectivity index (χ1v) is 4.76. The van der Waals surface area contributed by atoms with Gasteiger partial charge in [0.05, 0.1) is 25.9 Å². The molecule has 1 aromatic carbocycles. The Morgan fingerprint density at radius 3 is 2.75 bits per heavy atom. The highest BCUT2D eigenvalue weighted by Gasteiger charge is 2.05. The highest BCUT2D eigenvalue weighted by atomic mass is 16.5. The molecular weight excluding hydrogens is 208 g/mol. The van der Waals surface area contributed by atoms with Crippen LogP contribution in [0.1, 0.15) is 5.56 Å². The van der Waals surface area contributed by atoms with E-state index >= 15 is 0 Å². The summed E-state index contributed by atoms with van der Waals surface area (Å²) in [4.78, 5) is 10.5. The van der Waals surface area contributed by atoms with Gasteiger partial charge in [-0.05, 0) is 6.07 Å². The van der Waals surface area contributed by atoms with Crippen LogP contribution < -0.4 is 4.74 Å². The van der Waals surface area contributed by atoms with Crippen LogP contribution in [0.4, 0.5) is 0 Å². The smallest absolute Gasteiger partial charge is 0.333 e. The second-order valence-electron chi connectivity index (χ2n) is 3.21. The number of carbonyl (C=O) groups is 1. The summed E-state index contributed by atoms with van der Waals surface area (Å²) in [6.45, 7) is 3.68. The van der Waals surface area contributed by atoms with E-state index in [1.807, 2.05) is 24.3 Å². The van der Waals surface area contributed by atoms with E-state index in [9.17, 15) is 4.79 Å². The van der Waals surface area contributed by atoms with Crippen molar-refractivity contribution in [3.05, 3.63) is 42.0 Å². The summed E-state index contributed by atoms with van der Waals surface area (Å²) in [5.41, 5.74) is 0.915. The lowest BCUT2D eigenvalue weighted by Gasteiger charge is -2.08. The molecule has 0 saturated heterocycles. The Hall–Kier alpha value is -1.81. The molecular formula is C12H14O4. The fourth-order valence-corrected chi connectivity index (χ4v) is 1.17. The zero-order valence-electron chi connectivity index (χ0n) is 9.10. The molecule has 1 rings (SSSR count). The predicted molar refractivity (Wildman–Crippen MR) is 59.4 cm³/mol. The van der Waals surface area contributed by atoms with Gasteiger partial charge in [-0.2, -0.15) is 0 Å². The molecule has 0 atom stereocenters. The largest absolute Gasteiger partial charge is 0.496 e. The third-order valence-corrected chi connectivity index (χ3v) is 2.03. The van der Waals surface area contributed by atoms with Crippen molar-refractivity contribution >= 4 is 5.97 Å². The Balaban J connectivity index is 2.48. The van der Waals surface area contributed by atoms with Crippen LogP contribution in [0.5, 0.6) is 5.75 Å². The van der Waals surface area contributed by atoms with Gasteiger partial charge in [-0.3, -0.25) is 0 Å². The van der Waals surface area contributed by atoms with Crippen molar-refractivity contribution in [2.75, 3.05) is 13.7 Å². The van der Waals surface area contributed by atoms with E-state index in [1.165, 1.54) is 0 Å². The zero-order valence-corrected chi connectivity index (χ0v) is 9.10. The van der Waals surface area contributed by atoms with Crippen LogP contribution in [0, 0.1) is 0 Å². The summed E-state index contributed by atoms with van der Waals surface area (Å²) in [6.07, 6.45) is 0. The van der Waals surface area contributed by atoms with E-state index < -0.39 is 5.97 Å². The Labute approximate surface area is 94.1 Å². The number of aliphatic carboxylic acids is 1. The third kappa shape index (κ3) is 3.40. The molecule has 16 heavy (non-hydrogen) atoms. The summed E-state index contributed by atoms with van der Waals surface area (Å²) in [5.74, 6) is -0.316. The Kier molecular flexibility index (Phi) is 4.54. The third-order valence-electron chi connectivity index (χ3n) is 2.03. The number of ether oxygens (including phenoxy) is 2. The molecule has 0 saturated carbocycles. The fourth-order valence-electron chi connectivity index (χ4n) is 1.17. The number of para-hydroxylation sites is 1. The Morgan fingerprint density at radius 2 is 2.12 bits per heavy atom. The molecule has 0 aliphatic heterocycles. The molecule has 0 unspecified atom stereocenters. The molecule has 0 fully saturated rings. The van der Waals surface area contributed by atoms with Crippen LogP contribution in [0.3, 0.4) is 0 Å². The second-order valence-corrected chi connectivity index (χ2v) is 3.21. The average Bonchev–Trinajstić information content (AvgIpc) is 2.29. The minimum Gasteiger partial charge on any atom is -0.496 e. The first-order chi connectivity index (χ1) is 7.65. The van der Waals surface area contributed by atoms with Gasteiger partial charge < -0.3 is 14.6 Å². The van der Waals surface area contributed by atoms with E-state index in [2.05, 4.69) is 6.58 Å². The summed E-state index contributed by atoms with van der Waals surface area (Å²) < 4.78 is 10.4. The van der Waals surface area contributed by atoms with Crippen LogP contribution in [0.15, 0.2) is 36.4 Å². The number of hydrogen-bond donors (Lipinski definition) is 1. The summed E-state index contributed by atoms with van der Waals surface area (Å²) >= 11 is 0. The van der Waals surface area contributed by atoms with Gasteiger partial charge in [-0.25, -0.2) is 4.79 Å². The maximum Gasteiger partial charge on any atom is 0.333 e. The van der Waals surface area contributed by atoms with Gasteiger partial charge in [0.15, 0.2) is 0 Å². The average molecular weight is 222 g/mol. The van der Waals surface area contributed by atoms with E-state index in [4.69, 9.17) is 14.6 Å². The molecule has 0 aromatic heterocycles. The van der Waals surface area contributed by atoms with E-state index in [1.54, 1.807) is 7.11 Å². The van der Waals surface area contributed by atoms with Gasteiger partial charge in [0.25, 0.3) is 0 Å². The topological polar surface area (TPSA) is 55.8 Å². The minimum atomic E-state index is -1.04. The molecule has 0 radical (unpaired) electrons. The van der Waals surface area contributed by atoms with Crippen molar-refractivity contribution in [3.63, 3.8) is 0 Å².